The van der Waals surface area contributed by atoms with Crippen molar-refractivity contribution in [3.05, 3.63) is 29.3 Å². The Labute approximate surface area is 122 Å². The van der Waals surface area contributed by atoms with Crippen molar-refractivity contribution in [1.82, 2.24) is 0 Å². The van der Waals surface area contributed by atoms with Crippen LogP contribution in [-0.4, -0.2) is 17.5 Å². The maximum atomic E-state index is 8.93. The maximum Gasteiger partial charge on any atom is 0.128 e. The zero-order valence-corrected chi connectivity index (χ0v) is 13.0. The number of hydrogen-bond donors (Lipinski definition) is 1. The number of aryl methyl sites for hydroxylation is 1. The van der Waals surface area contributed by atoms with Crippen LogP contribution in [0.15, 0.2) is 23.4 Å². The molecular weight excluding hydrogens is 250 g/mol. The van der Waals surface area contributed by atoms with Gasteiger partial charge in [-0.15, -0.1) is 0 Å². The third-order valence-electron chi connectivity index (χ3n) is 3.43. The molecule has 0 aliphatic rings. The molecule has 0 bridgehead atoms. The number of nitrogens with zero attached hydrogens (tertiary/aromatic N) is 1. The Morgan fingerprint density at radius 3 is 2.55 bits per heavy atom. The summed E-state index contributed by atoms with van der Waals surface area (Å²) in [6, 6.07) is 5.97. The summed E-state index contributed by atoms with van der Waals surface area (Å²) in [6.45, 7) is 6.76. The lowest BCUT2D eigenvalue weighted by atomic mass is 10.1. The molecule has 3 heteroatoms. The molecule has 3 nitrogen and oxygen atoms in total. The number of benzene rings is 1. The normalized spacial score (nSPS) is 11.7. The molecule has 0 amide bonds. The zero-order valence-electron chi connectivity index (χ0n) is 13.0. The molecule has 0 spiro atoms. The second kappa shape index (κ2) is 9.40. The van der Waals surface area contributed by atoms with Crippen molar-refractivity contribution < 1.29 is 9.94 Å². The summed E-state index contributed by atoms with van der Waals surface area (Å²) in [5.41, 5.74) is 2.60. The van der Waals surface area contributed by atoms with Gasteiger partial charge in [-0.3, -0.25) is 0 Å². The second-order valence-electron chi connectivity index (χ2n) is 5.30. The fourth-order valence-electron chi connectivity index (χ4n) is 2.17. The highest BCUT2D eigenvalue weighted by molar-refractivity contribution is 6.00. The molecule has 0 aliphatic heterocycles. The highest BCUT2D eigenvalue weighted by Crippen LogP contribution is 2.21. The summed E-state index contributed by atoms with van der Waals surface area (Å²) < 4.78 is 5.83. The minimum atomic E-state index is 0.589. The topological polar surface area (TPSA) is 41.8 Å². The fourth-order valence-corrected chi connectivity index (χ4v) is 2.17. The van der Waals surface area contributed by atoms with Crippen LogP contribution in [0.25, 0.3) is 0 Å². The molecule has 1 N–H and O–H groups in total. The summed E-state index contributed by atoms with van der Waals surface area (Å²) in [4.78, 5) is 0. The van der Waals surface area contributed by atoms with E-state index in [0.29, 0.717) is 5.71 Å². The molecule has 112 valence electrons. The van der Waals surface area contributed by atoms with Crippen molar-refractivity contribution in [1.29, 1.82) is 0 Å². The average Bonchev–Trinajstić information content (AvgIpc) is 2.46. The Balaban J connectivity index is 2.43. The molecule has 20 heavy (non-hydrogen) atoms. The first-order valence-corrected chi connectivity index (χ1v) is 7.61. The molecule has 0 atom stereocenters. The van der Waals surface area contributed by atoms with E-state index < -0.39 is 0 Å². The Kier molecular flexibility index (Phi) is 7.78. The van der Waals surface area contributed by atoms with Gasteiger partial charge in [-0.1, -0.05) is 55.8 Å². The van der Waals surface area contributed by atoms with E-state index in [2.05, 4.69) is 12.1 Å². The molecule has 0 unspecified atom stereocenters. The van der Waals surface area contributed by atoms with Gasteiger partial charge in [0.25, 0.3) is 0 Å². The van der Waals surface area contributed by atoms with Gasteiger partial charge < -0.3 is 9.94 Å². The van der Waals surface area contributed by atoms with Crippen LogP contribution >= 0.6 is 0 Å². The Bertz CT molecular complexity index is 427. The Morgan fingerprint density at radius 1 is 1.15 bits per heavy atom. The van der Waals surface area contributed by atoms with E-state index in [0.717, 1.165) is 29.9 Å². The van der Waals surface area contributed by atoms with Gasteiger partial charge in [0, 0.05) is 5.56 Å². The molecule has 0 saturated carbocycles. The number of ether oxygens (including phenoxy) is 1. The minimum absolute atomic E-state index is 0.589. The predicted molar refractivity (Wildman–Crippen MR) is 84.0 cm³/mol. The predicted octanol–water partition coefficient (Wildman–Crippen LogP) is 4.93. The van der Waals surface area contributed by atoms with Gasteiger partial charge in [-0.25, -0.2) is 0 Å². The Hall–Kier alpha value is -1.51. The van der Waals surface area contributed by atoms with Crippen molar-refractivity contribution in [2.75, 3.05) is 6.61 Å². The van der Waals surface area contributed by atoms with Crippen molar-refractivity contribution in [2.24, 2.45) is 5.16 Å². The summed E-state index contributed by atoms with van der Waals surface area (Å²) >= 11 is 0. The standard InChI is InChI=1S/C17H27NO2/c1-4-5-6-7-8-9-12-20-17-11-10-14(2)13-16(17)15(3)18-19/h10-11,13,19H,4-9,12H2,1-3H3/b18-15+. The lowest BCUT2D eigenvalue weighted by molar-refractivity contribution is 0.302. The first-order chi connectivity index (χ1) is 9.69. The summed E-state index contributed by atoms with van der Waals surface area (Å²) in [6.07, 6.45) is 7.51. The quantitative estimate of drug-likeness (QED) is 0.301. The molecule has 0 aromatic heterocycles. The zero-order chi connectivity index (χ0) is 14.8. The third kappa shape index (κ3) is 5.64. The van der Waals surface area contributed by atoms with E-state index >= 15 is 0 Å². The molecular formula is C17H27NO2. The van der Waals surface area contributed by atoms with Gasteiger partial charge in [0.05, 0.1) is 12.3 Å². The van der Waals surface area contributed by atoms with Gasteiger partial charge in [0.2, 0.25) is 0 Å². The van der Waals surface area contributed by atoms with Crippen LogP contribution in [0.5, 0.6) is 5.75 Å². The summed E-state index contributed by atoms with van der Waals surface area (Å²) in [5, 5.41) is 12.2. The van der Waals surface area contributed by atoms with E-state index in [9.17, 15) is 0 Å². The number of hydrogen-bond acceptors (Lipinski definition) is 3. The second-order valence-corrected chi connectivity index (χ2v) is 5.30. The molecule has 1 rings (SSSR count). The van der Waals surface area contributed by atoms with Crippen LogP contribution in [0.3, 0.4) is 0 Å². The number of unbranched alkanes of at least 4 members (excludes halogenated alkanes) is 5. The van der Waals surface area contributed by atoms with Crippen LogP contribution in [0, 0.1) is 6.92 Å². The van der Waals surface area contributed by atoms with Crippen LogP contribution in [-0.2, 0) is 0 Å². The van der Waals surface area contributed by atoms with Crippen molar-refractivity contribution >= 4 is 5.71 Å². The van der Waals surface area contributed by atoms with Crippen LogP contribution in [0.2, 0.25) is 0 Å². The van der Waals surface area contributed by atoms with Crippen molar-refractivity contribution in [3.63, 3.8) is 0 Å². The first-order valence-electron chi connectivity index (χ1n) is 7.61. The highest BCUT2D eigenvalue weighted by Gasteiger charge is 2.07. The number of rotatable bonds is 9. The molecule has 0 saturated heterocycles. The molecule has 1 aromatic carbocycles. The molecule has 1 aromatic rings. The van der Waals surface area contributed by atoms with E-state index in [1.54, 1.807) is 6.92 Å². The maximum absolute atomic E-state index is 8.93. The molecule has 0 heterocycles. The van der Waals surface area contributed by atoms with Gasteiger partial charge in [0.1, 0.15) is 5.75 Å². The first kappa shape index (κ1) is 16.5. The van der Waals surface area contributed by atoms with E-state index in [1.165, 1.54) is 32.1 Å². The average molecular weight is 277 g/mol. The number of oxime groups is 1. The Morgan fingerprint density at radius 2 is 1.85 bits per heavy atom. The van der Waals surface area contributed by atoms with Gasteiger partial charge in [0.15, 0.2) is 0 Å². The SMILES string of the molecule is CCCCCCCCOc1ccc(C)cc1/C(C)=N/O. The van der Waals surface area contributed by atoms with E-state index in [-0.39, 0.29) is 0 Å². The van der Waals surface area contributed by atoms with Crippen LogP contribution in [0.4, 0.5) is 0 Å². The summed E-state index contributed by atoms with van der Waals surface area (Å²) in [7, 11) is 0. The molecule has 0 aliphatic carbocycles. The molecule has 0 fully saturated rings. The largest absolute Gasteiger partial charge is 0.493 e. The lowest BCUT2D eigenvalue weighted by Crippen LogP contribution is -2.04. The summed E-state index contributed by atoms with van der Waals surface area (Å²) in [5.74, 6) is 0.805. The van der Waals surface area contributed by atoms with Gasteiger partial charge in [-0.05, 0) is 32.4 Å². The van der Waals surface area contributed by atoms with Crippen LogP contribution in [0.1, 0.15) is 63.5 Å². The van der Waals surface area contributed by atoms with E-state index in [1.807, 2.05) is 25.1 Å². The molecule has 0 radical (unpaired) electrons. The van der Waals surface area contributed by atoms with Gasteiger partial charge >= 0.3 is 0 Å². The van der Waals surface area contributed by atoms with E-state index in [4.69, 9.17) is 9.94 Å². The van der Waals surface area contributed by atoms with Crippen molar-refractivity contribution in [3.8, 4) is 5.75 Å². The fraction of sp³-hybridized carbons (Fsp3) is 0.588. The minimum Gasteiger partial charge on any atom is -0.493 e. The van der Waals surface area contributed by atoms with Gasteiger partial charge in [-0.2, -0.15) is 0 Å². The smallest absolute Gasteiger partial charge is 0.128 e. The third-order valence-corrected chi connectivity index (χ3v) is 3.43. The monoisotopic (exact) mass is 277 g/mol. The van der Waals surface area contributed by atoms with Crippen LogP contribution < -0.4 is 4.74 Å². The van der Waals surface area contributed by atoms with Crippen molar-refractivity contribution in [2.45, 2.75) is 59.3 Å². The highest BCUT2D eigenvalue weighted by atomic mass is 16.5. The lowest BCUT2D eigenvalue weighted by Gasteiger charge is -2.11.